The van der Waals surface area contributed by atoms with E-state index in [1.54, 1.807) is 14.2 Å². The van der Waals surface area contributed by atoms with Crippen molar-refractivity contribution >= 4 is 11.8 Å². The Balaban J connectivity index is 1.78. The van der Waals surface area contributed by atoms with Crippen LogP contribution in [0.4, 0.5) is 0 Å². The van der Waals surface area contributed by atoms with Crippen molar-refractivity contribution in [3.63, 3.8) is 0 Å². The minimum atomic E-state index is -0.569. The molecule has 0 bridgehead atoms. The van der Waals surface area contributed by atoms with Crippen LogP contribution in [0.1, 0.15) is 62.5 Å². The van der Waals surface area contributed by atoms with E-state index in [0.717, 1.165) is 29.7 Å². The van der Waals surface area contributed by atoms with Crippen molar-refractivity contribution < 1.29 is 28.5 Å². The summed E-state index contributed by atoms with van der Waals surface area (Å²) in [6, 6.07) is 13.4. The number of hydrogen-bond acceptors (Lipinski definition) is 7. The third kappa shape index (κ3) is 5.22. The van der Waals surface area contributed by atoms with Gasteiger partial charge in [-0.05, 0) is 49.4 Å². The largest absolute Gasteiger partial charge is 0.493 e. The number of carbonyl (C=O) groups excluding carboxylic acids is 2. The minimum absolute atomic E-state index is 0.00389. The number of carbonyl (C=O) groups is 2. The number of allylic oxidation sites excluding steroid dienone is 3. The third-order valence-corrected chi connectivity index (χ3v) is 7.10. The van der Waals surface area contributed by atoms with Crippen LogP contribution in [0.3, 0.4) is 0 Å². The molecule has 1 heterocycles. The van der Waals surface area contributed by atoms with Crippen molar-refractivity contribution in [2.45, 2.75) is 51.4 Å². The molecule has 7 nitrogen and oxygen atoms in total. The van der Waals surface area contributed by atoms with E-state index in [1.807, 2.05) is 49.4 Å². The molecule has 0 spiro atoms. The van der Waals surface area contributed by atoms with Crippen LogP contribution in [0.25, 0.3) is 0 Å². The highest BCUT2D eigenvalue weighted by atomic mass is 16.5. The number of benzene rings is 2. The average molecular weight is 506 g/mol. The fraction of sp³-hybridized carbons (Fsp3) is 0.400. The van der Waals surface area contributed by atoms with E-state index in [4.69, 9.17) is 18.9 Å². The van der Waals surface area contributed by atoms with Crippen molar-refractivity contribution in [1.82, 2.24) is 5.32 Å². The molecule has 0 amide bonds. The molecule has 0 unspecified atom stereocenters. The van der Waals surface area contributed by atoms with Gasteiger partial charge in [0.05, 0.1) is 39.4 Å². The monoisotopic (exact) mass is 505 g/mol. The molecular weight excluding hydrogens is 470 g/mol. The molecule has 7 heteroatoms. The van der Waals surface area contributed by atoms with Crippen molar-refractivity contribution in [3.05, 3.63) is 76.1 Å². The van der Waals surface area contributed by atoms with Gasteiger partial charge in [-0.15, -0.1) is 0 Å². The lowest BCUT2D eigenvalue weighted by Crippen LogP contribution is -2.36. The number of ether oxygens (including phenoxy) is 4. The van der Waals surface area contributed by atoms with Gasteiger partial charge in [0.2, 0.25) is 0 Å². The van der Waals surface area contributed by atoms with E-state index in [9.17, 15) is 9.59 Å². The molecule has 2 atom stereocenters. The molecule has 1 N–H and O–H groups in total. The SMILES string of the molecule is CCCCOc1ccccc1[C@@H]1C(C(=O)OC)=C(C)NC2=C1C(=O)C[C@@H](c1ccc(OC)c(OC)c1)C2. The van der Waals surface area contributed by atoms with Gasteiger partial charge < -0.3 is 24.3 Å². The number of esters is 1. The summed E-state index contributed by atoms with van der Waals surface area (Å²) in [5.41, 5.74) is 4.35. The summed E-state index contributed by atoms with van der Waals surface area (Å²) >= 11 is 0. The molecule has 0 saturated heterocycles. The molecule has 0 radical (unpaired) electrons. The maximum Gasteiger partial charge on any atom is 0.336 e. The Morgan fingerprint density at radius 3 is 2.46 bits per heavy atom. The Bertz CT molecular complexity index is 1240. The minimum Gasteiger partial charge on any atom is -0.493 e. The van der Waals surface area contributed by atoms with Crippen molar-refractivity contribution in [3.8, 4) is 17.2 Å². The van der Waals surface area contributed by atoms with Crippen LogP contribution < -0.4 is 19.5 Å². The van der Waals surface area contributed by atoms with Crippen LogP contribution in [0.2, 0.25) is 0 Å². The molecular formula is C30H35NO6. The van der Waals surface area contributed by atoms with Crippen LogP contribution in [0, 0.1) is 0 Å². The predicted molar refractivity (Wildman–Crippen MR) is 141 cm³/mol. The normalized spacial score (nSPS) is 19.2. The van der Waals surface area contributed by atoms with Crippen LogP contribution in [-0.4, -0.2) is 39.7 Å². The topological polar surface area (TPSA) is 83.1 Å². The van der Waals surface area contributed by atoms with Gasteiger partial charge in [-0.1, -0.05) is 37.6 Å². The van der Waals surface area contributed by atoms with E-state index < -0.39 is 11.9 Å². The van der Waals surface area contributed by atoms with Gasteiger partial charge in [0.15, 0.2) is 17.3 Å². The van der Waals surface area contributed by atoms with E-state index in [1.165, 1.54) is 7.11 Å². The molecule has 2 aromatic rings. The number of nitrogens with one attached hydrogen (secondary N) is 1. The molecule has 1 aliphatic heterocycles. The van der Waals surface area contributed by atoms with Gasteiger partial charge in [0.25, 0.3) is 0 Å². The first-order valence-corrected chi connectivity index (χ1v) is 12.7. The first kappa shape index (κ1) is 26.3. The van der Waals surface area contributed by atoms with Gasteiger partial charge in [-0.25, -0.2) is 4.79 Å². The van der Waals surface area contributed by atoms with Gasteiger partial charge in [0.1, 0.15) is 5.75 Å². The Kier molecular flexibility index (Phi) is 8.21. The lowest BCUT2D eigenvalue weighted by Gasteiger charge is -2.37. The van der Waals surface area contributed by atoms with E-state index in [0.29, 0.717) is 53.5 Å². The number of ketones is 1. The first-order chi connectivity index (χ1) is 17.9. The highest BCUT2D eigenvalue weighted by Gasteiger charge is 2.42. The summed E-state index contributed by atoms with van der Waals surface area (Å²) in [5.74, 6) is 0.881. The lowest BCUT2D eigenvalue weighted by atomic mass is 9.71. The maximum atomic E-state index is 13.8. The third-order valence-electron chi connectivity index (χ3n) is 7.10. The molecule has 2 aromatic carbocycles. The summed E-state index contributed by atoms with van der Waals surface area (Å²) in [7, 11) is 4.57. The van der Waals surface area contributed by atoms with Crippen LogP contribution in [0.5, 0.6) is 17.2 Å². The molecule has 37 heavy (non-hydrogen) atoms. The zero-order valence-corrected chi connectivity index (χ0v) is 22.2. The summed E-state index contributed by atoms with van der Waals surface area (Å²) < 4.78 is 22.2. The number of hydrogen-bond donors (Lipinski definition) is 1. The molecule has 1 aliphatic carbocycles. The fourth-order valence-corrected chi connectivity index (χ4v) is 5.25. The van der Waals surface area contributed by atoms with E-state index >= 15 is 0 Å². The Labute approximate surface area is 218 Å². The highest BCUT2D eigenvalue weighted by molar-refractivity contribution is 6.04. The Hall–Kier alpha value is -3.74. The second-order valence-corrected chi connectivity index (χ2v) is 9.36. The number of rotatable bonds is 9. The van der Waals surface area contributed by atoms with Gasteiger partial charge in [-0.2, -0.15) is 0 Å². The summed E-state index contributed by atoms with van der Waals surface area (Å²) in [6.45, 7) is 4.53. The number of Topliss-reactive ketones (excluding diaryl/α,β-unsaturated/α-hetero) is 1. The Morgan fingerprint density at radius 1 is 1.00 bits per heavy atom. The van der Waals surface area contributed by atoms with Crippen LogP contribution in [-0.2, 0) is 14.3 Å². The number of unbranched alkanes of at least 4 members (excludes halogenated alkanes) is 1. The van der Waals surface area contributed by atoms with Crippen LogP contribution in [0.15, 0.2) is 65.0 Å². The van der Waals surface area contributed by atoms with Crippen molar-refractivity contribution in [2.24, 2.45) is 0 Å². The van der Waals surface area contributed by atoms with Crippen molar-refractivity contribution in [1.29, 1.82) is 0 Å². The molecule has 0 saturated carbocycles. The van der Waals surface area contributed by atoms with E-state index in [2.05, 4.69) is 12.2 Å². The molecule has 196 valence electrons. The van der Waals surface area contributed by atoms with Gasteiger partial charge in [0, 0.05) is 29.0 Å². The fourth-order valence-electron chi connectivity index (χ4n) is 5.25. The number of para-hydroxylation sites is 1. The zero-order chi connectivity index (χ0) is 26.5. The number of dihydropyridines is 1. The highest BCUT2D eigenvalue weighted by Crippen LogP contribution is 2.48. The second kappa shape index (κ2) is 11.5. The Morgan fingerprint density at radius 2 is 1.76 bits per heavy atom. The lowest BCUT2D eigenvalue weighted by molar-refractivity contribution is -0.136. The van der Waals surface area contributed by atoms with Gasteiger partial charge >= 0.3 is 5.97 Å². The standard InChI is InChI=1S/C30H35NO6/c1-6-7-14-37-24-11-9-8-10-21(24)28-27(30(33)36-5)18(2)31-22-15-20(16-23(32)29(22)28)19-12-13-25(34-3)26(17-19)35-4/h8-13,17,20,28,31H,6-7,14-16H2,1-5H3/t20-,28+/m0/s1. The maximum absolute atomic E-state index is 13.8. The second-order valence-electron chi connectivity index (χ2n) is 9.36. The summed E-state index contributed by atoms with van der Waals surface area (Å²) in [4.78, 5) is 26.8. The molecule has 0 aromatic heterocycles. The predicted octanol–water partition coefficient (Wildman–Crippen LogP) is 5.42. The quantitative estimate of drug-likeness (QED) is 0.360. The summed E-state index contributed by atoms with van der Waals surface area (Å²) in [6.07, 6.45) is 2.86. The van der Waals surface area contributed by atoms with Crippen LogP contribution >= 0.6 is 0 Å². The molecule has 4 rings (SSSR count). The number of methoxy groups -OCH3 is 3. The van der Waals surface area contributed by atoms with Gasteiger partial charge in [-0.3, -0.25) is 4.79 Å². The first-order valence-electron chi connectivity index (χ1n) is 12.7. The zero-order valence-electron chi connectivity index (χ0n) is 22.2. The molecule has 2 aliphatic rings. The summed E-state index contributed by atoms with van der Waals surface area (Å²) in [5, 5.41) is 3.38. The average Bonchev–Trinajstić information content (AvgIpc) is 2.91. The molecule has 0 fully saturated rings. The smallest absolute Gasteiger partial charge is 0.336 e. The van der Waals surface area contributed by atoms with Crippen molar-refractivity contribution in [2.75, 3.05) is 27.9 Å². The van der Waals surface area contributed by atoms with E-state index in [-0.39, 0.29) is 11.7 Å².